The molecule has 0 radical (unpaired) electrons. The van der Waals surface area contributed by atoms with Gasteiger partial charge in [0.2, 0.25) is 0 Å². The summed E-state index contributed by atoms with van der Waals surface area (Å²) < 4.78 is 0. The van der Waals surface area contributed by atoms with Crippen molar-refractivity contribution in [1.82, 2.24) is 0 Å². The minimum atomic E-state index is 0.762. The number of rotatable bonds is 12. The van der Waals surface area contributed by atoms with Crippen molar-refractivity contribution >= 4 is 34.8 Å². The van der Waals surface area contributed by atoms with Crippen LogP contribution in [0.25, 0.3) is 0 Å². The lowest BCUT2D eigenvalue weighted by Gasteiger charge is -2.10. The molecule has 21 heavy (non-hydrogen) atoms. The first-order chi connectivity index (χ1) is 10.3. The van der Waals surface area contributed by atoms with Gasteiger partial charge in [-0.2, -0.15) is 0 Å². The van der Waals surface area contributed by atoms with Crippen molar-refractivity contribution in [2.24, 2.45) is 0 Å². The van der Waals surface area contributed by atoms with Crippen LogP contribution in [0.3, 0.4) is 0 Å². The molecule has 0 aliphatic carbocycles. The molecule has 0 bridgehead atoms. The third-order valence-corrected chi connectivity index (χ3v) is 4.46. The van der Waals surface area contributed by atoms with Crippen LogP contribution in [0.1, 0.15) is 55.2 Å². The molecule has 120 valence electrons. The van der Waals surface area contributed by atoms with Crippen molar-refractivity contribution < 1.29 is 0 Å². The fraction of sp³-hybridized carbons (Fsp3) is 0.667. The monoisotopic (exact) mass is 348 g/mol. The minimum absolute atomic E-state index is 0.762. The van der Waals surface area contributed by atoms with Gasteiger partial charge in [0.05, 0.1) is 0 Å². The average molecular weight is 350 g/mol. The zero-order valence-electron chi connectivity index (χ0n) is 12.9. The molecule has 0 nitrogen and oxygen atoms in total. The van der Waals surface area contributed by atoms with Crippen molar-refractivity contribution in [2.45, 2.75) is 57.8 Å². The maximum Gasteiger partial charge on any atom is 0.0223 e. The standard InChI is InChI=1S/C18H27Cl3/c19-10-4-1-7-16-13-17(8-2-5-11-20)15-18(14-16)9-3-6-12-21/h13-15H,1-12H2. The summed E-state index contributed by atoms with van der Waals surface area (Å²) in [5.74, 6) is 2.29. The molecule has 0 saturated carbocycles. The first kappa shape index (κ1) is 19.1. The second kappa shape index (κ2) is 12.6. The predicted octanol–water partition coefficient (Wildman–Crippen LogP) is 6.37. The smallest absolute Gasteiger partial charge is 0.0223 e. The van der Waals surface area contributed by atoms with Crippen LogP contribution in [-0.2, 0) is 19.3 Å². The maximum absolute atomic E-state index is 5.77. The van der Waals surface area contributed by atoms with E-state index in [4.69, 9.17) is 34.8 Å². The van der Waals surface area contributed by atoms with E-state index in [9.17, 15) is 0 Å². The number of halogens is 3. The summed E-state index contributed by atoms with van der Waals surface area (Å²) in [7, 11) is 0. The van der Waals surface area contributed by atoms with Gasteiger partial charge in [-0.05, 0) is 74.5 Å². The average Bonchev–Trinajstić information content (AvgIpc) is 2.48. The van der Waals surface area contributed by atoms with Gasteiger partial charge in [-0.15, -0.1) is 34.8 Å². The molecule has 0 fully saturated rings. The summed E-state index contributed by atoms with van der Waals surface area (Å²) in [6.07, 6.45) is 10.2. The molecule has 0 saturated heterocycles. The van der Waals surface area contributed by atoms with E-state index in [2.05, 4.69) is 18.2 Å². The Bertz CT molecular complexity index is 307. The molecule has 0 amide bonds. The number of hydrogen-bond acceptors (Lipinski definition) is 0. The highest BCUT2D eigenvalue weighted by molar-refractivity contribution is 6.18. The van der Waals surface area contributed by atoms with E-state index in [0.717, 1.165) is 56.2 Å². The summed E-state index contributed by atoms with van der Waals surface area (Å²) >= 11 is 17.3. The van der Waals surface area contributed by atoms with Crippen molar-refractivity contribution in [3.05, 3.63) is 34.9 Å². The second-order valence-corrected chi connectivity index (χ2v) is 6.73. The van der Waals surface area contributed by atoms with E-state index in [1.807, 2.05) is 0 Å². The van der Waals surface area contributed by atoms with Crippen molar-refractivity contribution in [3.63, 3.8) is 0 Å². The second-order valence-electron chi connectivity index (χ2n) is 5.60. The van der Waals surface area contributed by atoms with Gasteiger partial charge in [0.25, 0.3) is 0 Å². The number of unbranched alkanes of at least 4 members (excludes halogenated alkanes) is 3. The summed E-state index contributed by atoms with van der Waals surface area (Å²) in [6, 6.07) is 7.11. The molecule has 1 rings (SSSR count). The predicted molar refractivity (Wildman–Crippen MR) is 97.4 cm³/mol. The Labute approximate surface area is 145 Å². The highest BCUT2D eigenvalue weighted by Crippen LogP contribution is 2.17. The molecule has 1 aromatic carbocycles. The van der Waals surface area contributed by atoms with Gasteiger partial charge in [0.1, 0.15) is 0 Å². The van der Waals surface area contributed by atoms with Crippen LogP contribution in [0.4, 0.5) is 0 Å². The molecule has 0 unspecified atom stereocenters. The van der Waals surface area contributed by atoms with Gasteiger partial charge in [0, 0.05) is 17.6 Å². The molecule has 0 heterocycles. The van der Waals surface area contributed by atoms with Crippen LogP contribution < -0.4 is 0 Å². The number of hydrogen-bond donors (Lipinski definition) is 0. The molecule has 3 heteroatoms. The Hall–Kier alpha value is 0.0900. The Morgan fingerprint density at radius 2 is 0.762 bits per heavy atom. The maximum atomic E-state index is 5.77. The topological polar surface area (TPSA) is 0 Å². The molecular weight excluding hydrogens is 323 g/mol. The molecule has 0 spiro atoms. The number of aryl methyl sites for hydroxylation is 3. The molecular formula is C18H27Cl3. The molecule has 0 atom stereocenters. The Morgan fingerprint density at radius 3 is 1.00 bits per heavy atom. The fourth-order valence-corrected chi connectivity index (χ4v) is 3.11. The molecule has 0 N–H and O–H groups in total. The fourth-order valence-electron chi connectivity index (χ4n) is 2.54. The zero-order valence-corrected chi connectivity index (χ0v) is 15.1. The lowest BCUT2D eigenvalue weighted by molar-refractivity contribution is 0.770. The summed E-state index contributed by atoms with van der Waals surface area (Å²) in [5, 5.41) is 0. The van der Waals surface area contributed by atoms with Crippen LogP contribution in [0.2, 0.25) is 0 Å². The summed E-state index contributed by atoms with van der Waals surface area (Å²) in [4.78, 5) is 0. The van der Waals surface area contributed by atoms with Crippen LogP contribution >= 0.6 is 34.8 Å². The van der Waals surface area contributed by atoms with Gasteiger partial charge in [-0.25, -0.2) is 0 Å². The Morgan fingerprint density at radius 1 is 0.476 bits per heavy atom. The van der Waals surface area contributed by atoms with Crippen molar-refractivity contribution in [1.29, 1.82) is 0 Å². The van der Waals surface area contributed by atoms with Gasteiger partial charge in [-0.3, -0.25) is 0 Å². The first-order valence-electron chi connectivity index (χ1n) is 8.09. The van der Waals surface area contributed by atoms with Crippen LogP contribution in [-0.4, -0.2) is 17.6 Å². The minimum Gasteiger partial charge on any atom is -0.127 e. The highest BCUT2D eigenvalue weighted by Gasteiger charge is 2.03. The van der Waals surface area contributed by atoms with Crippen LogP contribution in [0, 0.1) is 0 Å². The van der Waals surface area contributed by atoms with E-state index in [-0.39, 0.29) is 0 Å². The summed E-state index contributed by atoms with van der Waals surface area (Å²) in [5.41, 5.74) is 4.39. The largest absolute Gasteiger partial charge is 0.127 e. The normalized spacial score (nSPS) is 11.0. The van der Waals surface area contributed by atoms with E-state index in [1.54, 1.807) is 0 Å². The zero-order chi connectivity index (χ0) is 15.3. The molecule has 0 aromatic heterocycles. The van der Waals surface area contributed by atoms with Gasteiger partial charge >= 0.3 is 0 Å². The van der Waals surface area contributed by atoms with E-state index < -0.39 is 0 Å². The van der Waals surface area contributed by atoms with E-state index >= 15 is 0 Å². The SMILES string of the molecule is ClCCCCc1cc(CCCCCl)cc(CCCCCl)c1. The third-order valence-electron chi connectivity index (χ3n) is 3.66. The lowest BCUT2D eigenvalue weighted by Crippen LogP contribution is -1.96. The van der Waals surface area contributed by atoms with Crippen LogP contribution in [0.5, 0.6) is 0 Å². The van der Waals surface area contributed by atoms with E-state index in [1.165, 1.54) is 36.0 Å². The van der Waals surface area contributed by atoms with Gasteiger partial charge in [-0.1, -0.05) is 18.2 Å². The number of benzene rings is 1. The Kier molecular flexibility index (Phi) is 11.5. The Balaban J connectivity index is 2.65. The van der Waals surface area contributed by atoms with Gasteiger partial charge < -0.3 is 0 Å². The summed E-state index contributed by atoms with van der Waals surface area (Å²) in [6.45, 7) is 0. The lowest BCUT2D eigenvalue weighted by atomic mass is 9.96. The number of alkyl halides is 3. The van der Waals surface area contributed by atoms with Crippen molar-refractivity contribution in [2.75, 3.05) is 17.6 Å². The third kappa shape index (κ3) is 8.96. The molecule has 0 aliphatic heterocycles. The van der Waals surface area contributed by atoms with Crippen LogP contribution in [0.15, 0.2) is 18.2 Å². The molecule has 1 aromatic rings. The van der Waals surface area contributed by atoms with Crippen molar-refractivity contribution in [3.8, 4) is 0 Å². The van der Waals surface area contributed by atoms with E-state index in [0.29, 0.717) is 0 Å². The molecule has 0 aliphatic rings. The highest BCUT2D eigenvalue weighted by atomic mass is 35.5. The first-order valence-corrected chi connectivity index (χ1v) is 9.70. The van der Waals surface area contributed by atoms with Gasteiger partial charge in [0.15, 0.2) is 0 Å². The quantitative estimate of drug-likeness (QED) is 0.304.